The number of aliphatic imine (C=N–C) groups is 1. The minimum absolute atomic E-state index is 0.271. The minimum Gasteiger partial charge on any atom is -0.354 e. The van der Waals surface area contributed by atoms with Crippen LogP contribution in [0.5, 0.6) is 0 Å². The molecular formula is C11H7BrN2O2. The van der Waals surface area contributed by atoms with Crippen molar-refractivity contribution in [1.29, 1.82) is 0 Å². The van der Waals surface area contributed by atoms with E-state index in [1.54, 1.807) is 6.92 Å². The molecule has 0 aliphatic rings. The lowest BCUT2D eigenvalue weighted by molar-refractivity contribution is 0.434. The Morgan fingerprint density at radius 1 is 1.38 bits per heavy atom. The molecule has 16 heavy (non-hydrogen) atoms. The fraction of sp³-hybridized carbons (Fsp3) is 0.0909. The Labute approximate surface area is 100 Å². The highest BCUT2D eigenvalue weighted by Crippen LogP contribution is 2.30. The molecule has 0 saturated heterocycles. The molecule has 0 N–H and O–H groups in total. The molecule has 0 aliphatic carbocycles. The Bertz CT molecular complexity index is 554. The molecule has 1 aromatic carbocycles. The van der Waals surface area contributed by atoms with E-state index in [1.165, 1.54) is 6.08 Å². The average molecular weight is 279 g/mol. The van der Waals surface area contributed by atoms with Crippen LogP contribution >= 0.6 is 15.9 Å². The molecule has 4 nitrogen and oxygen atoms in total. The molecule has 0 unspecified atom stereocenters. The van der Waals surface area contributed by atoms with Gasteiger partial charge in [-0.1, -0.05) is 33.2 Å². The Morgan fingerprint density at radius 2 is 2.06 bits per heavy atom. The second kappa shape index (κ2) is 4.43. The quantitative estimate of drug-likeness (QED) is 0.625. The third-order valence-corrected chi connectivity index (χ3v) is 2.69. The van der Waals surface area contributed by atoms with Crippen molar-refractivity contribution in [2.45, 2.75) is 6.92 Å². The van der Waals surface area contributed by atoms with Crippen LogP contribution in [-0.2, 0) is 4.79 Å². The molecule has 0 spiro atoms. The normalized spacial score (nSPS) is 9.88. The van der Waals surface area contributed by atoms with Gasteiger partial charge in [0.25, 0.3) is 0 Å². The summed E-state index contributed by atoms with van der Waals surface area (Å²) in [5.74, 6) is 0.884. The van der Waals surface area contributed by atoms with E-state index in [9.17, 15) is 4.79 Å². The van der Waals surface area contributed by atoms with Crippen LogP contribution in [-0.4, -0.2) is 11.2 Å². The number of aromatic nitrogens is 1. The van der Waals surface area contributed by atoms with E-state index in [4.69, 9.17) is 4.52 Å². The monoisotopic (exact) mass is 278 g/mol. The van der Waals surface area contributed by atoms with Crippen LogP contribution < -0.4 is 0 Å². The SMILES string of the molecule is Cc1c(N=C=O)noc1-c1ccc(Br)cc1. The molecule has 0 fully saturated rings. The second-order valence-electron chi connectivity index (χ2n) is 3.17. The van der Waals surface area contributed by atoms with E-state index in [2.05, 4.69) is 26.1 Å². The summed E-state index contributed by atoms with van der Waals surface area (Å²) in [6, 6.07) is 7.60. The molecule has 5 heteroatoms. The van der Waals surface area contributed by atoms with Crippen molar-refractivity contribution in [3.05, 3.63) is 34.3 Å². The number of halogens is 1. The standard InChI is InChI=1S/C11H7BrN2O2/c1-7-10(16-14-11(7)13-6-15)8-2-4-9(12)5-3-8/h2-5H,1H3. The summed E-state index contributed by atoms with van der Waals surface area (Å²) in [7, 11) is 0. The molecule has 0 aliphatic heterocycles. The van der Waals surface area contributed by atoms with Crippen LogP contribution in [0.1, 0.15) is 5.56 Å². The van der Waals surface area contributed by atoms with Crippen molar-refractivity contribution >= 4 is 27.8 Å². The van der Waals surface area contributed by atoms with Gasteiger partial charge in [-0.15, -0.1) is 4.99 Å². The Morgan fingerprint density at radius 3 is 2.69 bits per heavy atom. The molecule has 0 radical (unpaired) electrons. The van der Waals surface area contributed by atoms with Gasteiger partial charge in [0.05, 0.1) is 0 Å². The summed E-state index contributed by atoms with van der Waals surface area (Å²) >= 11 is 3.35. The van der Waals surface area contributed by atoms with Gasteiger partial charge in [-0.25, -0.2) is 4.79 Å². The van der Waals surface area contributed by atoms with E-state index in [0.29, 0.717) is 5.76 Å². The zero-order valence-corrected chi connectivity index (χ0v) is 9.98. The molecule has 0 atom stereocenters. The maximum absolute atomic E-state index is 10.1. The fourth-order valence-corrected chi connectivity index (χ4v) is 1.61. The summed E-state index contributed by atoms with van der Waals surface area (Å²) in [4.78, 5) is 13.6. The van der Waals surface area contributed by atoms with Gasteiger partial charge in [-0.3, -0.25) is 0 Å². The third kappa shape index (κ3) is 1.96. The number of rotatable bonds is 2. The van der Waals surface area contributed by atoms with E-state index >= 15 is 0 Å². The van der Waals surface area contributed by atoms with Crippen molar-refractivity contribution in [3.8, 4) is 11.3 Å². The van der Waals surface area contributed by atoms with E-state index in [-0.39, 0.29) is 5.82 Å². The first kappa shape index (κ1) is 10.8. The lowest BCUT2D eigenvalue weighted by Crippen LogP contribution is -1.77. The van der Waals surface area contributed by atoms with E-state index in [1.807, 2.05) is 24.3 Å². The van der Waals surface area contributed by atoms with Crippen LogP contribution in [0.2, 0.25) is 0 Å². The highest BCUT2D eigenvalue weighted by atomic mass is 79.9. The van der Waals surface area contributed by atoms with Gasteiger partial charge < -0.3 is 4.52 Å². The zero-order valence-electron chi connectivity index (χ0n) is 8.40. The van der Waals surface area contributed by atoms with E-state index in [0.717, 1.165) is 15.6 Å². The Balaban J connectivity index is 2.48. The highest BCUT2D eigenvalue weighted by molar-refractivity contribution is 9.10. The molecule has 0 saturated carbocycles. The van der Waals surface area contributed by atoms with Gasteiger partial charge in [0.2, 0.25) is 11.9 Å². The lowest BCUT2D eigenvalue weighted by Gasteiger charge is -1.96. The van der Waals surface area contributed by atoms with Crippen molar-refractivity contribution in [2.75, 3.05) is 0 Å². The number of carbonyl (C=O) groups excluding carboxylic acids is 1. The van der Waals surface area contributed by atoms with E-state index < -0.39 is 0 Å². The summed E-state index contributed by atoms with van der Waals surface area (Å²) in [5.41, 5.74) is 1.62. The van der Waals surface area contributed by atoms with Crippen molar-refractivity contribution in [2.24, 2.45) is 4.99 Å². The van der Waals surface area contributed by atoms with Gasteiger partial charge in [-0.05, 0) is 19.1 Å². The largest absolute Gasteiger partial charge is 0.354 e. The molecule has 1 heterocycles. The molecule has 1 aromatic heterocycles. The molecular weight excluding hydrogens is 272 g/mol. The van der Waals surface area contributed by atoms with Crippen molar-refractivity contribution in [3.63, 3.8) is 0 Å². The second-order valence-corrected chi connectivity index (χ2v) is 4.09. The van der Waals surface area contributed by atoms with Crippen LogP contribution in [0.4, 0.5) is 5.82 Å². The van der Waals surface area contributed by atoms with Crippen LogP contribution in [0, 0.1) is 6.92 Å². The number of hydrogen-bond acceptors (Lipinski definition) is 4. The Hall–Kier alpha value is -1.71. The number of nitrogens with zero attached hydrogens (tertiary/aromatic N) is 2. The average Bonchev–Trinajstić information content (AvgIpc) is 2.63. The lowest BCUT2D eigenvalue weighted by atomic mass is 10.1. The molecule has 2 rings (SSSR count). The molecule has 80 valence electrons. The highest BCUT2D eigenvalue weighted by Gasteiger charge is 2.12. The summed E-state index contributed by atoms with van der Waals surface area (Å²) < 4.78 is 6.12. The van der Waals surface area contributed by atoms with Gasteiger partial charge in [0, 0.05) is 15.6 Å². The predicted octanol–water partition coefficient (Wildman–Crippen LogP) is 3.38. The number of isocyanates is 1. The molecule has 2 aromatic rings. The summed E-state index contributed by atoms with van der Waals surface area (Å²) in [6.45, 7) is 1.80. The van der Waals surface area contributed by atoms with Crippen LogP contribution in [0.25, 0.3) is 11.3 Å². The van der Waals surface area contributed by atoms with Gasteiger partial charge in [0.15, 0.2) is 5.76 Å². The smallest absolute Gasteiger partial charge is 0.242 e. The maximum atomic E-state index is 10.1. The third-order valence-electron chi connectivity index (χ3n) is 2.16. The first-order valence-corrected chi connectivity index (χ1v) is 5.31. The molecule has 0 bridgehead atoms. The van der Waals surface area contributed by atoms with Crippen LogP contribution in [0.15, 0.2) is 38.3 Å². The topological polar surface area (TPSA) is 55.5 Å². The van der Waals surface area contributed by atoms with Gasteiger partial charge in [0.1, 0.15) is 0 Å². The first-order chi connectivity index (χ1) is 7.72. The summed E-state index contributed by atoms with van der Waals surface area (Å²) in [5, 5.41) is 3.69. The Kier molecular flexibility index (Phi) is 2.99. The maximum Gasteiger partial charge on any atom is 0.242 e. The first-order valence-electron chi connectivity index (χ1n) is 4.52. The minimum atomic E-state index is 0.271. The van der Waals surface area contributed by atoms with Gasteiger partial charge in [-0.2, -0.15) is 0 Å². The number of benzene rings is 1. The molecule has 0 amide bonds. The van der Waals surface area contributed by atoms with Gasteiger partial charge >= 0.3 is 0 Å². The number of hydrogen-bond donors (Lipinski definition) is 0. The van der Waals surface area contributed by atoms with Crippen LogP contribution in [0.3, 0.4) is 0 Å². The van der Waals surface area contributed by atoms with Crippen molar-refractivity contribution in [1.82, 2.24) is 5.16 Å². The summed E-state index contributed by atoms with van der Waals surface area (Å²) in [6.07, 6.45) is 1.44. The van der Waals surface area contributed by atoms with Crippen molar-refractivity contribution < 1.29 is 9.32 Å². The zero-order chi connectivity index (χ0) is 11.5. The predicted molar refractivity (Wildman–Crippen MR) is 62.2 cm³/mol. The fourth-order valence-electron chi connectivity index (χ4n) is 1.35.